The lowest BCUT2D eigenvalue weighted by Crippen LogP contribution is -2.04. The topological polar surface area (TPSA) is 50.4 Å². The number of fused-ring (bicyclic) bond motifs is 1. The highest BCUT2D eigenvalue weighted by Crippen LogP contribution is 2.21. The van der Waals surface area contributed by atoms with Gasteiger partial charge in [-0.05, 0) is 18.6 Å². The van der Waals surface area contributed by atoms with Crippen molar-refractivity contribution in [1.29, 1.82) is 0 Å². The highest BCUT2D eigenvalue weighted by molar-refractivity contribution is 5.77. The minimum Gasteiger partial charge on any atom is -0.502 e. The van der Waals surface area contributed by atoms with E-state index in [0.717, 1.165) is 12.8 Å². The first kappa shape index (κ1) is 13.7. The molecule has 0 unspecified atom stereocenters. The molecule has 1 heterocycles. The molecule has 0 aliphatic rings. The van der Waals surface area contributed by atoms with Gasteiger partial charge in [-0.1, -0.05) is 44.7 Å². The summed E-state index contributed by atoms with van der Waals surface area (Å²) in [5.74, 6) is 0.189. The van der Waals surface area contributed by atoms with E-state index in [1.807, 2.05) is 6.07 Å². The molecule has 0 atom stereocenters. The molecule has 1 aromatic carbocycles. The first-order chi connectivity index (χ1) is 9.24. The van der Waals surface area contributed by atoms with E-state index in [-0.39, 0.29) is 11.2 Å². The fourth-order valence-electron chi connectivity index (χ4n) is 2.24. The number of benzene rings is 1. The summed E-state index contributed by atoms with van der Waals surface area (Å²) in [6.07, 6.45) is 6.29. The third-order valence-corrected chi connectivity index (χ3v) is 3.35. The van der Waals surface area contributed by atoms with Crippen molar-refractivity contribution in [1.82, 2.24) is 0 Å². The Balaban J connectivity index is 2.15. The quantitative estimate of drug-likeness (QED) is 0.798. The molecule has 0 saturated carbocycles. The van der Waals surface area contributed by atoms with Crippen molar-refractivity contribution in [3.8, 4) is 5.75 Å². The molecule has 0 aliphatic carbocycles. The maximum absolute atomic E-state index is 12.0. The van der Waals surface area contributed by atoms with Crippen molar-refractivity contribution < 1.29 is 9.52 Å². The van der Waals surface area contributed by atoms with Gasteiger partial charge < -0.3 is 9.52 Å². The molecule has 102 valence electrons. The van der Waals surface area contributed by atoms with Gasteiger partial charge in [-0.3, -0.25) is 4.79 Å². The largest absolute Gasteiger partial charge is 0.502 e. The maximum atomic E-state index is 12.0. The summed E-state index contributed by atoms with van der Waals surface area (Å²) in [4.78, 5) is 12.0. The fraction of sp³-hybridized carbons (Fsp3) is 0.438. The summed E-state index contributed by atoms with van der Waals surface area (Å²) >= 11 is 0. The third-order valence-electron chi connectivity index (χ3n) is 3.35. The molecule has 0 bridgehead atoms. The van der Waals surface area contributed by atoms with Crippen LogP contribution in [0.4, 0.5) is 0 Å². The zero-order valence-corrected chi connectivity index (χ0v) is 11.3. The number of rotatable bonds is 6. The molecule has 0 spiro atoms. The molecule has 0 fully saturated rings. The molecule has 2 aromatic rings. The molecule has 2 rings (SSSR count). The van der Waals surface area contributed by atoms with Crippen molar-refractivity contribution in [3.05, 3.63) is 40.2 Å². The molecule has 1 aromatic heterocycles. The average molecular weight is 260 g/mol. The van der Waals surface area contributed by atoms with Crippen LogP contribution in [-0.2, 0) is 6.42 Å². The Kier molecular flexibility index (Phi) is 4.61. The van der Waals surface area contributed by atoms with E-state index in [2.05, 4.69) is 6.92 Å². The van der Waals surface area contributed by atoms with E-state index in [4.69, 9.17) is 4.42 Å². The van der Waals surface area contributed by atoms with Crippen LogP contribution in [0.1, 0.15) is 44.8 Å². The number of hydrogen-bond donors (Lipinski definition) is 1. The molecule has 3 nitrogen and oxygen atoms in total. The zero-order valence-electron chi connectivity index (χ0n) is 11.3. The van der Waals surface area contributed by atoms with Crippen molar-refractivity contribution in [2.24, 2.45) is 0 Å². The normalized spacial score (nSPS) is 11.0. The van der Waals surface area contributed by atoms with Crippen molar-refractivity contribution in [2.75, 3.05) is 0 Å². The molecule has 0 amide bonds. The van der Waals surface area contributed by atoms with Gasteiger partial charge in [0.2, 0.25) is 11.2 Å². The third kappa shape index (κ3) is 3.16. The lowest BCUT2D eigenvalue weighted by atomic mass is 10.1. The van der Waals surface area contributed by atoms with Gasteiger partial charge in [-0.2, -0.15) is 0 Å². The van der Waals surface area contributed by atoms with Gasteiger partial charge in [0.05, 0.1) is 5.39 Å². The van der Waals surface area contributed by atoms with E-state index in [9.17, 15) is 9.90 Å². The van der Waals surface area contributed by atoms with Crippen LogP contribution in [0.15, 0.2) is 33.5 Å². The SMILES string of the molecule is CCCCCCCc1oc2ccccc2c(=O)c1O. The minimum atomic E-state index is -0.328. The van der Waals surface area contributed by atoms with Crippen LogP contribution >= 0.6 is 0 Å². The number of para-hydroxylation sites is 1. The Labute approximate surface area is 112 Å². The van der Waals surface area contributed by atoms with E-state index in [1.165, 1.54) is 19.3 Å². The Morgan fingerprint density at radius 2 is 1.84 bits per heavy atom. The Hall–Kier alpha value is -1.77. The summed E-state index contributed by atoms with van der Waals surface area (Å²) in [5, 5.41) is 10.3. The molecule has 0 radical (unpaired) electrons. The van der Waals surface area contributed by atoms with Crippen LogP contribution in [0.25, 0.3) is 11.0 Å². The highest BCUT2D eigenvalue weighted by Gasteiger charge is 2.12. The van der Waals surface area contributed by atoms with Crippen LogP contribution in [-0.4, -0.2) is 5.11 Å². The second-order valence-corrected chi connectivity index (χ2v) is 4.86. The monoisotopic (exact) mass is 260 g/mol. The standard InChI is InChI=1S/C16H20O3/c1-2-3-4-5-6-11-14-16(18)15(17)12-9-7-8-10-13(12)19-14/h7-10,18H,2-6,11H2,1H3. The summed E-state index contributed by atoms with van der Waals surface area (Å²) in [7, 11) is 0. The molecule has 1 N–H and O–H groups in total. The number of unbranched alkanes of at least 4 members (excludes halogenated alkanes) is 4. The Morgan fingerprint density at radius 1 is 1.11 bits per heavy atom. The summed E-state index contributed by atoms with van der Waals surface area (Å²) in [6, 6.07) is 7.03. The van der Waals surface area contributed by atoms with Gasteiger partial charge in [0.25, 0.3) is 0 Å². The number of aromatic hydroxyl groups is 1. The summed E-state index contributed by atoms with van der Waals surface area (Å²) in [6.45, 7) is 2.17. The van der Waals surface area contributed by atoms with E-state index < -0.39 is 0 Å². The van der Waals surface area contributed by atoms with Crippen molar-refractivity contribution >= 4 is 11.0 Å². The predicted octanol–water partition coefficient (Wildman–Crippen LogP) is 4.01. The number of hydrogen-bond acceptors (Lipinski definition) is 3. The molecular weight excluding hydrogens is 240 g/mol. The zero-order chi connectivity index (χ0) is 13.7. The van der Waals surface area contributed by atoms with Gasteiger partial charge in [0.15, 0.2) is 0 Å². The first-order valence-electron chi connectivity index (χ1n) is 6.97. The van der Waals surface area contributed by atoms with Crippen molar-refractivity contribution in [3.63, 3.8) is 0 Å². The molecule has 0 saturated heterocycles. The molecule has 3 heteroatoms. The summed E-state index contributed by atoms with van der Waals surface area (Å²) < 4.78 is 5.63. The lowest BCUT2D eigenvalue weighted by Gasteiger charge is -2.05. The minimum absolute atomic E-state index is 0.228. The van der Waals surface area contributed by atoms with Crippen LogP contribution in [0.3, 0.4) is 0 Å². The average Bonchev–Trinajstić information content (AvgIpc) is 2.44. The van der Waals surface area contributed by atoms with Gasteiger partial charge in [-0.15, -0.1) is 0 Å². The Morgan fingerprint density at radius 3 is 2.63 bits per heavy atom. The van der Waals surface area contributed by atoms with Gasteiger partial charge >= 0.3 is 0 Å². The van der Waals surface area contributed by atoms with Crippen LogP contribution in [0, 0.1) is 0 Å². The first-order valence-corrected chi connectivity index (χ1v) is 6.97. The molecule has 0 aliphatic heterocycles. The Bertz CT molecular complexity index is 598. The number of aryl methyl sites for hydroxylation is 1. The molecular formula is C16H20O3. The van der Waals surface area contributed by atoms with Gasteiger partial charge in [-0.25, -0.2) is 0 Å². The summed E-state index contributed by atoms with van der Waals surface area (Å²) in [5.41, 5.74) is 0.222. The van der Waals surface area contributed by atoms with Crippen LogP contribution in [0.5, 0.6) is 5.75 Å². The van der Waals surface area contributed by atoms with E-state index in [0.29, 0.717) is 23.2 Å². The van der Waals surface area contributed by atoms with E-state index in [1.54, 1.807) is 18.2 Å². The molecule has 19 heavy (non-hydrogen) atoms. The fourth-order valence-corrected chi connectivity index (χ4v) is 2.24. The van der Waals surface area contributed by atoms with Crippen molar-refractivity contribution in [2.45, 2.75) is 45.4 Å². The lowest BCUT2D eigenvalue weighted by molar-refractivity contribution is 0.411. The smallest absolute Gasteiger partial charge is 0.234 e. The van der Waals surface area contributed by atoms with Crippen LogP contribution in [0.2, 0.25) is 0 Å². The predicted molar refractivity (Wildman–Crippen MR) is 76.6 cm³/mol. The second kappa shape index (κ2) is 6.41. The van der Waals surface area contributed by atoms with Gasteiger partial charge in [0, 0.05) is 6.42 Å². The highest BCUT2D eigenvalue weighted by atomic mass is 16.4. The van der Waals surface area contributed by atoms with Crippen LogP contribution < -0.4 is 5.43 Å². The second-order valence-electron chi connectivity index (χ2n) is 4.86. The van der Waals surface area contributed by atoms with E-state index >= 15 is 0 Å². The van der Waals surface area contributed by atoms with Gasteiger partial charge in [0.1, 0.15) is 11.3 Å². The maximum Gasteiger partial charge on any atom is 0.234 e.